The number of ether oxygens (including phenoxy) is 1. The van der Waals surface area contributed by atoms with E-state index in [1.807, 2.05) is 27.7 Å². The zero-order chi connectivity index (χ0) is 18.7. The molecule has 2 aromatic rings. The first-order valence-corrected chi connectivity index (χ1v) is 8.40. The Morgan fingerprint density at radius 3 is 2.44 bits per heavy atom. The third-order valence-electron chi connectivity index (χ3n) is 3.85. The number of hydrogen-bond donors (Lipinski definition) is 1. The molecule has 7 heteroatoms. The van der Waals surface area contributed by atoms with E-state index < -0.39 is 18.0 Å². The van der Waals surface area contributed by atoms with Gasteiger partial charge in [0.1, 0.15) is 5.82 Å². The van der Waals surface area contributed by atoms with E-state index >= 15 is 0 Å². The lowest BCUT2D eigenvalue weighted by atomic mass is 10.2. The summed E-state index contributed by atoms with van der Waals surface area (Å²) < 4.78 is 7.36. The van der Waals surface area contributed by atoms with Gasteiger partial charge in [-0.25, -0.2) is 9.78 Å². The molecule has 134 valence electrons. The third kappa shape index (κ3) is 4.39. The standard InChI is InChI=1S/C18H22ClN3O3/c1-10(2)22-11(3)8-15(12(22)4)18(24)25-13(5)17(23)21-16-7-6-14(19)9-20-16/h6-10,13H,1-5H3,(H,20,21,23). The fraction of sp³-hybridized carbons (Fsp3) is 0.389. The summed E-state index contributed by atoms with van der Waals surface area (Å²) in [5, 5.41) is 3.05. The van der Waals surface area contributed by atoms with Gasteiger partial charge in [-0.1, -0.05) is 11.6 Å². The number of halogens is 1. The third-order valence-corrected chi connectivity index (χ3v) is 4.08. The minimum absolute atomic E-state index is 0.234. The van der Waals surface area contributed by atoms with Gasteiger partial charge in [-0.3, -0.25) is 4.79 Å². The van der Waals surface area contributed by atoms with Crippen LogP contribution in [0.4, 0.5) is 5.82 Å². The van der Waals surface area contributed by atoms with Crippen LogP contribution in [0.25, 0.3) is 0 Å². The molecule has 25 heavy (non-hydrogen) atoms. The van der Waals surface area contributed by atoms with Crippen LogP contribution in [-0.2, 0) is 9.53 Å². The second-order valence-corrected chi connectivity index (χ2v) is 6.58. The molecule has 0 aromatic carbocycles. The number of rotatable bonds is 5. The molecule has 0 radical (unpaired) electrons. The maximum absolute atomic E-state index is 12.4. The van der Waals surface area contributed by atoms with Gasteiger partial charge >= 0.3 is 5.97 Å². The number of hydrogen-bond acceptors (Lipinski definition) is 4. The molecule has 2 aromatic heterocycles. The van der Waals surface area contributed by atoms with Crippen LogP contribution in [0, 0.1) is 13.8 Å². The molecule has 0 saturated carbocycles. The zero-order valence-electron chi connectivity index (χ0n) is 15.0. The zero-order valence-corrected chi connectivity index (χ0v) is 15.7. The first-order chi connectivity index (χ1) is 11.7. The van der Waals surface area contributed by atoms with E-state index in [9.17, 15) is 9.59 Å². The van der Waals surface area contributed by atoms with Crippen LogP contribution in [-0.4, -0.2) is 27.5 Å². The Balaban J connectivity index is 2.06. The van der Waals surface area contributed by atoms with Crippen molar-refractivity contribution in [3.8, 4) is 0 Å². The van der Waals surface area contributed by atoms with Crippen LogP contribution in [0.3, 0.4) is 0 Å². The van der Waals surface area contributed by atoms with E-state index in [2.05, 4.69) is 14.9 Å². The topological polar surface area (TPSA) is 73.2 Å². The number of amides is 1. The monoisotopic (exact) mass is 363 g/mol. The Morgan fingerprint density at radius 1 is 1.24 bits per heavy atom. The molecular weight excluding hydrogens is 342 g/mol. The van der Waals surface area contributed by atoms with Crippen LogP contribution in [0.15, 0.2) is 24.4 Å². The van der Waals surface area contributed by atoms with Gasteiger partial charge in [0.2, 0.25) is 0 Å². The average Bonchev–Trinajstić information content (AvgIpc) is 2.84. The fourth-order valence-electron chi connectivity index (χ4n) is 2.73. The van der Waals surface area contributed by atoms with Gasteiger partial charge in [0.15, 0.2) is 6.10 Å². The smallest absolute Gasteiger partial charge is 0.340 e. The van der Waals surface area contributed by atoms with E-state index in [1.54, 1.807) is 18.2 Å². The number of pyridine rings is 1. The molecule has 0 aliphatic carbocycles. The summed E-state index contributed by atoms with van der Waals surface area (Å²) in [6.07, 6.45) is 0.473. The molecule has 0 saturated heterocycles. The van der Waals surface area contributed by atoms with Crippen molar-refractivity contribution in [3.05, 3.63) is 46.4 Å². The minimum atomic E-state index is -0.952. The van der Waals surface area contributed by atoms with E-state index in [0.717, 1.165) is 11.4 Å². The molecule has 0 aliphatic rings. The molecule has 0 bridgehead atoms. The Bertz CT molecular complexity index is 782. The second-order valence-electron chi connectivity index (χ2n) is 6.15. The summed E-state index contributed by atoms with van der Waals surface area (Å²) in [6.45, 7) is 9.41. The summed E-state index contributed by atoms with van der Waals surface area (Å²) in [5.74, 6) is -0.636. The summed E-state index contributed by atoms with van der Waals surface area (Å²) in [4.78, 5) is 28.6. The van der Waals surface area contributed by atoms with Crippen molar-refractivity contribution in [3.63, 3.8) is 0 Å². The number of aromatic nitrogens is 2. The van der Waals surface area contributed by atoms with Gasteiger partial charge in [-0.2, -0.15) is 0 Å². The summed E-state index contributed by atoms with van der Waals surface area (Å²) >= 11 is 5.75. The first-order valence-electron chi connectivity index (χ1n) is 8.02. The molecule has 2 heterocycles. The number of carbonyl (C=O) groups excluding carboxylic acids is 2. The molecule has 0 aliphatic heterocycles. The summed E-state index contributed by atoms with van der Waals surface area (Å²) in [6, 6.07) is 5.20. The number of nitrogens with one attached hydrogen (secondary N) is 1. The van der Waals surface area contributed by atoms with Gasteiger partial charge in [0.05, 0.1) is 10.6 Å². The maximum atomic E-state index is 12.4. The molecule has 1 unspecified atom stereocenters. The van der Waals surface area contributed by atoms with Gasteiger partial charge < -0.3 is 14.6 Å². The van der Waals surface area contributed by atoms with Crippen LogP contribution >= 0.6 is 11.6 Å². The number of anilines is 1. The van der Waals surface area contributed by atoms with Gasteiger partial charge in [0, 0.05) is 23.6 Å². The number of carbonyl (C=O) groups is 2. The van der Waals surface area contributed by atoms with Crippen molar-refractivity contribution < 1.29 is 14.3 Å². The largest absolute Gasteiger partial charge is 0.449 e. The number of esters is 1. The Morgan fingerprint density at radius 2 is 1.92 bits per heavy atom. The van der Waals surface area contributed by atoms with Crippen molar-refractivity contribution in [1.82, 2.24) is 9.55 Å². The maximum Gasteiger partial charge on any atom is 0.340 e. The predicted molar refractivity (Wildman–Crippen MR) is 97.0 cm³/mol. The summed E-state index contributed by atoms with van der Waals surface area (Å²) in [5.41, 5.74) is 2.27. The Hall–Kier alpha value is -2.34. The van der Waals surface area contributed by atoms with Crippen LogP contribution in [0.2, 0.25) is 5.02 Å². The van der Waals surface area contributed by atoms with E-state index in [-0.39, 0.29) is 6.04 Å². The summed E-state index contributed by atoms with van der Waals surface area (Å²) in [7, 11) is 0. The highest BCUT2D eigenvalue weighted by Gasteiger charge is 2.23. The molecule has 2 rings (SSSR count). The molecular formula is C18H22ClN3O3. The van der Waals surface area contributed by atoms with E-state index in [1.165, 1.54) is 13.1 Å². The highest BCUT2D eigenvalue weighted by Crippen LogP contribution is 2.21. The van der Waals surface area contributed by atoms with Crippen molar-refractivity contribution in [2.45, 2.75) is 46.8 Å². The second kappa shape index (κ2) is 7.70. The van der Waals surface area contributed by atoms with Gasteiger partial charge in [-0.05, 0) is 52.8 Å². The number of nitrogens with zero attached hydrogens (tertiary/aromatic N) is 2. The van der Waals surface area contributed by atoms with E-state index in [4.69, 9.17) is 16.3 Å². The SMILES string of the molecule is Cc1cc(C(=O)OC(C)C(=O)Nc2ccc(Cl)cn2)c(C)n1C(C)C. The highest BCUT2D eigenvalue weighted by molar-refractivity contribution is 6.30. The lowest BCUT2D eigenvalue weighted by molar-refractivity contribution is -0.123. The van der Waals surface area contributed by atoms with Crippen molar-refractivity contribution in [1.29, 1.82) is 0 Å². The van der Waals surface area contributed by atoms with Crippen LogP contribution in [0.5, 0.6) is 0 Å². The minimum Gasteiger partial charge on any atom is -0.449 e. The Labute approximate surface area is 152 Å². The van der Waals surface area contributed by atoms with E-state index in [0.29, 0.717) is 16.4 Å². The lowest BCUT2D eigenvalue weighted by Crippen LogP contribution is -2.30. The molecule has 1 amide bonds. The van der Waals surface area contributed by atoms with Gasteiger partial charge in [-0.15, -0.1) is 0 Å². The van der Waals surface area contributed by atoms with Crippen molar-refractivity contribution in [2.24, 2.45) is 0 Å². The van der Waals surface area contributed by atoms with Crippen LogP contribution in [0.1, 0.15) is 48.6 Å². The lowest BCUT2D eigenvalue weighted by Gasteiger charge is -2.15. The number of aryl methyl sites for hydroxylation is 1. The predicted octanol–water partition coefficient (Wildman–Crippen LogP) is 3.92. The van der Waals surface area contributed by atoms with Crippen molar-refractivity contribution >= 4 is 29.3 Å². The molecule has 1 N–H and O–H groups in total. The quantitative estimate of drug-likeness (QED) is 0.817. The molecule has 6 nitrogen and oxygen atoms in total. The molecule has 0 spiro atoms. The highest BCUT2D eigenvalue weighted by atomic mass is 35.5. The fourth-order valence-corrected chi connectivity index (χ4v) is 2.85. The average molecular weight is 364 g/mol. The first kappa shape index (κ1) is 19.0. The molecule has 1 atom stereocenters. The molecule has 0 fully saturated rings. The van der Waals surface area contributed by atoms with Crippen molar-refractivity contribution in [2.75, 3.05) is 5.32 Å². The van der Waals surface area contributed by atoms with Gasteiger partial charge in [0.25, 0.3) is 5.91 Å². The van der Waals surface area contributed by atoms with Crippen LogP contribution < -0.4 is 5.32 Å². The Kier molecular flexibility index (Phi) is 5.85. The normalized spacial score (nSPS) is 12.1.